The molecule has 3 rings (SSSR count). The Bertz CT molecular complexity index is 784. The maximum absolute atomic E-state index is 5.87. The van der Waals surface area contributed by atoms with Crippen molar-refractivity contribution in [3.8, 4) is 5.75 Å². The third-order valence-corrected chi connectivity index (χ3v) is 3.63. The molecule has 0 aliphatic rings. The van der Waals surface area contributed by atoms with Crippen LogP contribution in [0.3, 0.4) is 0 Å². The third kappa shape index (κ3) is 4.86. The molecule has 0 fully saturated rings. The van der Waals surface area contributed by atoms with Crippen molar-refractivity contribution in [1.29, 1.82) is 0 Å². The summed E-state index contributed by atoms with van der Waals surface area (Å²) in [4.78, 5) is 0. The van der Waals surface area contributed by atoms with Gasteiger partial charge < -0.3 is 4.74 Å². The van der Waals surface area contributed by atoms with Crippen LogP contribution >= 0.6 is 11.6 Å². The number of nitrogens with zero attached hydrogens (tertiary/aromatic N) is 1. The molecule has 0 spiro atoms. The number of para-hydroxylation sites is 1. The summed E-state index contributed by atoms with van der Waals surface area (Å²) < 4.78 is 5.76. The van der Waals surface area contributed by atoms with Crippen LogP contribution in [0.15, 0.2) is 84.0 Å². The van der Waals surface area contributed by atoms with Gasteiger partial charge in [0.25, 0.3) is 0 Å². The van der Waals surface area contributed by atoms with Crippen LogP contribution < -0.4 is 10.2 Å². The van der Waals surface area contributed by atoms with Gasteiger partial charge in [-0.05, 0) is 59.7 Å². The first-order valence-corrected chi connectivity index (χ1v) is 7.99. The zero-order chi connectivity index (χ0) is 16.6. The fourth-order valence-corrected chi connectivity index (χ4v) is 2.22. The first-order chi connectivity index (χ1) is 11.8. The van der Waals surface area contributed by atoms with Gasteiger partial charge in [0.2, 0.25) is 0 Å². The van der Waals surface area contributed by atoms with Crippen LogP contribution in [-0.2, 0) is 6.61 Å². The maximum atomic E-state index is 5.87. The summed E-state index contributed by atoms with van der Waals surface area (Å²) in [6.07, 6.45) is 1.77. The van der Waals surface area contributed by atoms with E-state index in [9.17, 15) is 0 Å². The van der Waals surface area contributed by atoms with Crippen LogP contribution in [0.2, 0.25) is 5.02 Å². The van der Waals surface area contributed by atoms with Crippen LogP contribution in [-0.4, -0.2) is 6.21 Å². The normalized spacial score (nSPS) is 10.7. The smallest absolute Gasteiger partial charge is 0.119 e. The molecule has 0 atom stereocenters. The minimum Gasteiger partial charge on any atom is -0.489 e. The molecule has 0 unspecified atom stereocenters. The van der Waals surface area contributed by atoms with Gasteiger partial charge in [-0.2, -0.15) is 5.10 Å². The highest BCUT2D eigenvalue weighted by molar-refractivity contribution is 6.30. The van der Waals surface area contributed by atoms with Gasteiger partial charge in [-0.3, -0.25) is 5.43 Å². The molecule has 0 amide bonds. The number of anilines is 1. The Morgan fingerprint density at radius 1 is 0.875 bits per heavy atom. The monoisotopic (exact) mass is 336 g/mol. The van der Waals surface area contributed by atoms with Crippen molar-refractivity contribution in [2.75, 3.05) is 5.43 Å². The molecule has 0 saturated heterocycles. The first-order valence-electron chi connectivity index (χ1n) is 7.61. The van der Waals surface area contributed by atoms with E-state index in [0.29, 0.717) is 6.61 Å². The first kappa shape index (κ1) is 16.1. The largest absolute Gasteiger partial charge is 0.489 e. The fourth-order valence-electron chi connectivity index (χ4n) is 2.09. The highest BCUT2D eigenvalue weighted by Crippen LogP contribution is 2.15. The van der Waals surface area contributed by atoms with E-state index in [2.05, 4.69) is 10.5 Å². The van der Waals surface area contributed by atoms with E-state index in [1.165, 1.54) is 0 Å². The summed E-state index contributed by atoms with van der Waals surface area (Å²) in [6, 6.07) is 25.2. The quantitative estimate of drug-likeness (QED) is 0.485. The number of hydrazone groups is 1. The number of ether oxygens (including phenoxy) is 1. The van der Waals surface area contributed by atoms with E-state index >= 15 is 0 Å². The van der Waals surface area contributed by atoms with Gasteiger partial charge >= 0.3 is 0 Å². The lowest BCUT2D eigenvalue weighted by atomic mass is 10.2. The van der Waals surface area contributed by atoms with E-state index in [-0.39, 0.29) is 0 Å². The number of nitrogens with one attached hydrogen (secondary N) is 1. The van der Waals surface area contributed by atoms with Crippen LogP contribution in [0.4, 0.5) is 5.69 Å². The molecular formula is C20H17ClN2O. The molecule has 3 nitrogen and oxygen atoms in total. The predicted molar refractivity (Wildman–Crippen MR) is 99.9 cm³/mol. The average Bonchev–Trinajstić information content (AvgIpc) is 2.63. The predicted octanol–water partition coefficient (Wildman–Crippen LogP) is 5.37. The molecule has 1 N–H and O–H groups in total. The zero-order valence-corrected chi connectivity index (χ0v) is 13.8. The van der Waals surface area contributed by atoms with Gasteiger partial charge in [-0.1, -0.05) is 41.9 Å². The topological polar surface area (TPSA) is 33.6 Å². The highest BCUT2D eigenvalue weighted by atomic mass is 35.5. The Morgan fingerprint density at radius 2 is 1.58 bits per heavy atom. The summed E-state index contributed by atoms with van der Waals surface area (Å²) in [6.45, 7) is 0.514. The number of benzene rings is 3. The second-order valence-corrected chi connectivity index (χ2v) is 5.66. The molecule has 3 aromatic carbocycles. The SMILES string of the molecule is Clc1ccc(COc2ccc(/C=N\Nc3ccccc3)cc2)cc1. The second kappa shape index (κ2) is 8.18. The fraction of sp³-hybridized carbons (Fsp3) is 0.0500. The Labute approximate surface area is 146 Å². The second-order valence-electron chi connectivity index (χ2n) is 5.22. The van der Waals surface area contributed by atoms with Gasteiger partial charge in [0.15, 0.2) is 0 Å². The molecule has 24 heavy (non-hydrogen) atoms. The van der Waals surface area contributed by atoms with Crippen LogP contribution in [0.25, 0.3) is 0 Å². The summed E-state index contributed by atoms with van der Waals surface area (Å²) in [5, 5.41) is 4.94. The molecule has 3 aromatic rings. The van der Waals surface area contributed by atoms with Gasteiger partial charge in [0.05, 0.1) is 11.9 Å². The Balaban J connectivity index is 1.52. The van der Waals surface area contributed by atoms with Gasteiger partial charge in [-0.15, -0.1) is 0 Å². The molecule has 0 saturated carbocycles. The van der Waals surface area contributed by atoms with E-state index in [1.807, 2.05) is 78.9 Å². The molecule has 0 radical (unpaired) electrons. The third-order valence-electron chi connectivity index (χ3n) is 3.38. The molecule has 120 valence electrons. The Hall–Kier alpha value is -2.78. The minimum atomic E-state index is 0.514. The van der Waals surface area contributed by atoms with Crippen molar-refractivity contribution in [2.24, 2.45) is 5.10 Å². The summed E-state index contributed by atoms with van der Waals surface area (Å²) >= 11 is 5.87. The number of hydrogen-bond donors (Lipinski definition) is 1. The van der Waals surface area contributed by atoms with Gasteiger partial charge in [0, 0.05) is 5.02 Å². The molecule has 0 aliphatic carbocycles. The van der Waals surface area contributed by atoms with E-state index in [4.69, 9.17) is 16.3 Å². The number of rotatable bonds is 6. The van der Waals surface area contributed by atoms with Crippen molar-refractivity contribution in [3.63, 3.8) is 0 Å². The molecule has 0 heterocycles. The lowest BCUT2D eigenvalue weighted by Crippen LogP contribution is -1.95. The zero-order valence-electron chi connectivity index (χ0n) is 13.0. The molecule has 4 heteroatoms. The van der Waals surface area contributed by atoms with Gasteiger partial charge in [-0.25, -0.2) is 0 Å². The van der Waals surface area contributed by atoms with Crippen molar-refractivity contribution in [3.05, 3.63) is 95.0 Å². The molecule has 0 aromatic heterocycles. The van der Waals surface area contributed by atoms with Crippen molar-refractivity contribution >= 4 is 23.5 Å². The van der Waals surface area contributed by atoms with Crippen LogP contribution in [0.5, 0.6) is 5.75 Å². The highest BCUT2D eigenvalue weighted by Gasteiger charge is 1.97. The lowest BCUT2D eigenvalue weighted by molar-refractivity contribution is 0.306. The van der Waals surface area contributed by atoms with Crippen LogP contribution in [0, 0.1) is 0 Å². The van der Waals surface area contributed by atoms with Crippen molar-refractivity contribution in [2.45, 2.75) is 6.61 Å². The Kier molecular flexibility index (Phi) is 5.48. The van der Waals surface area contributed by atoms with E-state index in [0.717, 1.165) is 27.6 Å². The Morgan fingerprint density at radius 3 is 2.29 bits per heavy atom. The summed E-state index contributed by atoms with van der Waals surface area (Å²) in [7, 11) is 0. The maximum Gasteiger partial charge on any atom is 0.119 e. The van der Waals surface area contributed by atoms with Gasteiger partial charge in [0.1, 0.15) is 12.4 Å². The standard InChI is InChI=1S/C20H17ClN2O/c21-18-10-6-17(7-11-18)15-24-20-12-8-16(9-13-20)14-22-23-19-4-2-1-3-5-19/h1-14,23H,15H2/b22-14-. The van der Waals surface area contributed by atoms with Crippen molar-refractivity contribution in [1.82, 2.24) is 0 Å². The lowest BCUT2D eigenvalue weighted by Gasteiger charge is -2.06. The molecule has 0 aliphatic heterocycles. The average molecular weight is 337 g/mol. The summed E-state index contributed by atoms with van der Waals surface area (Å²) in [5.41, 5.74) is 6.02. The number of hydrogen-bond acceptors (Lipinski definition) is 3. The van der Waals surface area contributed by atoms with E-state index in [1.54, 1.807) is 6.21 Å². The molecular weight excluding hydrogens is 320 g/mol. The summed E-state index contributed by atoms with van der Waals surface area (Å²) in [5.74, 6) is 0.818. The van der Waals surface area contributed by atoms with E-state index < -0.39 is 0 Å². The van der Waals surface area contributed by atoms with Crippen molar-refractivity contribution < 1.29 is 4.74 Å². The minimum absolute atomic E-state index is 0.514. The number of halogens is 1. The molecule has 0 bridgehead atoms. The van der Waals surface area contributed by atoms with Crippen LogP contribution in [0.1, 0.15) is 11.1 Å².